The number of fused-ring (bicyclic) bond motifs is 2. The fourth-order valence-electron chi connectivity index (χ4n) is 2.65. The van der Waals surface area contributed by atoms with E-state index in [1.54, 1.807) is 25.5 Å². The van der Waals surface area contributed by atoms with Crippen LogP contribution in [0, 0.1) is 0 Å². The fourth-order valence-corrected chi connectivity index (χ4v) is 2.65. The van der Waals surface area contributed by atoms with Gasteiger partial charge >= 0.3 is 0 Å². The molecule has 124 valence electrons. The second-order valence-corrected chi connectivity index (χ2v) is 5.41. The van der Waals surface area contributed by atoms with Crippen molar-refractivity contribution in [1.82, 2.24) is 9.97 Å². The Hall–Kier alpha value is -3.61. The Bertz CT molecular complexity index is 1100. The number of para-hydroxylation sites is 2. The van der Waals surface area contributed by atoms with E-state index in [-0.39, 0.29) is 11.5 Å². The molecule has 25 heavy (non-hydrogen) atoms. The zero-order valence-electron chi connectivity index (χ0n) is 13.3. The van der Waals surface area contributed by atoms with E-state index < -0.39 is 5.91 Å². The number of hydrogen-bond donors (Lipinski definition) is 2. The minimum Gasteiger partial charge on any atom is -0.497 e. The van der Waals surface area contributed by atoms with E-state index in [9.17, 15) is 4.79 Å². The van der Waals surface area contributed by atoms with Gasteiger partial charge in [-0.25, -0.2) is 9.97 Å². The molecule has 2 aromatic heterocycles. The van der Waals surface area contributed by atoms with Crippen molar-refractivity contribution in [3.8, 4) is 5.75 Å². The normalized spacial score (nSPS) is 10.9. The van der Waals surface area contributed by atoms with Crippen molar-refractivity contribution >= 4 is 39.4 Å². The summed E-state index contributed by atoms with van der Waals surface area (Å²) in [6.45, 7) is 0. The third kappa shape index (κ3) is 2.61. The second-order valence-electron chi connectivity index (χ2n) is 5.41. The SMILES string of the molecule is COc1cc(Nc2nc3ccccc3nc2C(N)=O)c2occc2c1. The van der Waals surface area contributed by atoms with Gasteiger partial charge in [0.25, 0.3) is 5.91 Å². The molecule has 0 spiro atoms. The molecule has 1 amide bonds. The van der Waals surface area contributed by atoms with Crippen LogP contribution in [-0.2, 0) is 0 Å². The van der Waals surface area contributed by atoms with Gasteiger partial charge in [0.1, 0.15) is 5.75 Å². The number of carbonyl (C=O) groups is 1. The van der Waals surface area contributed by atoms with Crippen molar-refractivity contribution < 1.29 is 13.9 Å². The van der Waals surface area contributed by atoms with Crippen LogP contribution in [0.1, 0.15) is 10.5 Å². The molecule has 0 unspecified atom stereocenters. The van der Waals surface area contributed by atoms with E-state index in [1.807, 2.05) is 30.3 Å². The number of benzene rings is 2. The molecule has 7 nitrogen and oxygen atoms in total. The first-order valence-corrected chi connectivity index (χ1v) is 7.54. The van der Waals surface area contributed by atoms with Gasteiger partial charge in [0, 0.05) is 11.5 Å². The largest absolute Gasteiger partial charge is 0.497 e. The van der Waals surface area contributed by atoms with E-state index >= 15 is 0 Å². The second kappa shape index (κ2) is 5.79. The highest BCUT2D eigenvalue weighted by atomic mass is 16.5. The molecule has 0 atom stereocenters. The Morgan fingerprint density at radius 2 is 1.92 bits per heavy atom. The minimum atomic E-state index is -0.667. The monoisotopic (exact) mass is 334 g/mol. The molecule has 7 heteroatoms. The minimum absolute atomic E-state index is 0.0567. The summed E-state index contributed by atoms with van der Waals surface area (Å²) in [6.07, 6.45) is 1.58. The van der Waals surface area contributed by atoms with E-state index in [4.69, 9.17) is 14.9 Å². The summed E-state index contributed by atoms with van der Waals surface area (Å²) in [7, 11) is 1.58. The summed E-state index contributed by atoms with van der Waals surface area (Å²) in [5.41, 5.74) is 8.00. The molecule has 4 rings (SSSR count). The Kier molecular flexibility index (Phi) is 3.46. The number of amides is 1. The molecule has 2 heterocycles. The summed E-state index contributed by atoms with van der Waals surface area (Å²) < 4.78 is 10.8. The Balaban J connectivity index is 1.89. The van der Waals surface area contributed by atoms with E-state index in [0.717, 1.165) is 5.39 Å². The molecule has 4 aromatic rings. The Morgan fingerprint density at radius 1 is 1.16 bits per heavy atom. The first-order valence-electron chi connectivity index (χ1n) is 7.54. The number of hydrogen-bond acceptors (Lipinski definition) is 6. The van der Waals surface area contributed by atoms with Crippen LogP contribution in [0.5, 0.6) is 5.75 Å². The fraction of sp³-hybridized carbons (Fsp3) is 0.0556. The van der Waals surface area contributed by atoms with Gasteiger partial charge in [-0.3, -0.25) is 4.79 Å². The number of nitrogens with one attached hydrogen (secondary N) is 1. The first-order chi connectivity index (χ1) is 12.2. The highest BCUT2D eigenvalue weighted by Crippen LogP contribution is 2.32. The standard InChI is InChI=1S/C18H14N4O3/c1-24-11-8-10-6-7-25-16(10)14(9-11)22-18-15(17(19)23)20-12-4-2-3-5-13(12)21-18/h2-9H,1H3,(H2,19,23)(H,21,22). The lowest BCUT2D eigenvalue weighted by Crippen LogP contribution is -2.16. The Labute approximate surface area is 142 Å². The third-order valence-corrected chi connectivity index (χ3v) is 3.82. The molecule has 0 aliphatic rings. The quantitative estimate of drug-likeness (QED) is 0.594. The van der Waals surface area contributed by atoms with Crippen molar-refractivity contribution in [2.24, 2.45) is 5.73 Å². The highest BCUT2D eigenvalue weighted by Gasteiger charge is 2.16. The number of furan rings is 1. The summed E-state index contributed by atoms with van der Waals surface area (Å²) in [5, 5.41) is 3.96. The van der Waals surface area contributed by atoms with Gasteiger partial charge < -0.3 is 20.2 Å². The molecule has 0 bridgehead atoms. The van der Waals surface area contributed by atoms with Crippen LogP contribution in [0.3, 0.4) is 0 Å². The third-order valence-electron chi connectivity index (χ3n) is 3.82. The molecule has 0 saturated carbocycles. The van der Waals surface area contributed by atoms with Crippen LogP contribution in [0.15, 0.2) is 53.1 Å². The summed E-state index contributed by atoms with van der Waals surface area (Å²) >= 11 is 0. The number of anilines is 2. The molecular weight excluding hydrogens is 320 g/mol. The van der Waals surface area contributed by atoms with Gasteiger partial charge in [0.05, 0.1) is 30.1 Å². The molecule has 0 aliphatic carbocycles. The van der Waals surface area contributed by atoms with Crippen molar-refractivity contribution in [3.05, 3.63) is 54.4 Å². The van der Waals surface area contributed by atoms with Gasteiger partial charge in [-0.1, -0.05) is 12.1 Å². The van der Waals surface area contributed by atoms with Crippen molar-refractivity contribution in [1.29, 1.82) is 0 Å². The summed E-state index contributed by atoms with van der Waals surface area (Å²) in [6, 6.07) is 12.7. The maximum atomic E-state index is 11.8. The summed E-state index contributed by atoms with van der Waals surface area (Å²) in [5.74, 6) is 0.238. The first kappa shape index (κ1) is 14.9. The molecule has 0 aliphatic heterocycles. The van der Waals surface area contributed by atoms with E-state index in [0.29, 0.717) is 28.1 Å². The number of aromatic nitrogens is 2. The lowest BCUT2D eigenvalue weighted by atomic mass is 10.2. The van der Waals surface area contributed by atoms with Crippen molar-refractivity contribution in [2.75, 3.05) is 12.4 Å². The van der Waals surface area contributed by atoms with Crippen LogP contribution in [0.25, 0.3) is 22.0 Å². The van der Waals surface area contributed by atoms with Gasteiger partial charge in [-0.15, -0.1) is 0 Å². The van der Waals surface area contributed by atoms with Crippen LogP contribution < -0.4 is 15.8 Å². The predicted molar refractivity (Wildman–Crippen MR) is 94.1 cm³/mol. The number of methoxy groups -OCH3 is 1. The van der Waals surface area contributed by atoms with Gasteiger partial charge in [-0.05, 0) is 24.3 Å². The zero-order valence-corrected chi connectivity index (χ0v) is 13.3. The van der Waals surface area contributed by atoms with Crippen molar-refractivity contribution in [2.45, 2.75) is 0 Å². The smallest absolute Gasteiger partial charge is 0.271 e. The van der Waals surface area contributed by atoms with Crippen LogP contribution in [0.2, 0.25) is 0 Å². The van der Waals surface area contributed by atoms with Crippen LogP contribution in [-0.4, -0.2) is 23.0 Å². The molecule has 2 aromatic carbocycles. The maximum Gasteiger partial charge on any atom is 0.271 e. The number of nitrogens with zero attached hydrogens (tertiary/aromatic N) is 2. The molecule has 0 saturated heterocycles. The van der Waals surface area contributed by atoms with E-state index in [2.05, 4.69) is 15.3 Å². The Morgan fingerprint density at radius 3 is 2.64 bits per heavy atom. The molecule has 0 radical (unpaired) electrons. The van der Waals surface area contributed by atoms with Gasteiger partial charge in [0.15, 0.2) is 17.1 Å². The van der Waals surface area contributed by atoms with Crippen LogP contribution >= 0.6 is 0 Å². The highest BCUT2D eigenvalue weighted by molar-refractivity contribution is 6.00. The number of nitrogens with two attached hydrogens (primary N) is 1. The zero-order chi connectivity index (χ0) is 17.4. The lowest BCUT2D eigenvalue weighted by Gasteiger charge is -2.11. The molecule has 0 fully saturated rings. The number of ether oxygens (including phenoxy) is 1. The molecular formula is C18H14N4O3. The number of primary amides is 1. The van der Waals surface area contributed by atoms with Crippen LogP contribution in [0.4, 0.5) is 11.5 Å². The van der Waals surface area contributed by atoms with Crippen molar-refractivity contribution in [3.63, 3.8) is 0 Å². The van der Waals surface area contributed by atoms with E-state index in [1.165, 1.54) is 0 Å². The number of carbonyl (C=O) groups excluding carboxylic acids is 1. The average Bonchev–Trinajstić information content (AvgIpc) is 3.09. The van der Waals surface area contributed by atoms with Gasteiger partial charge in [0.2, 0.25) is 0 Å². The van der Waals surface area contributed by atoms with Gasteiger partial charge in [-0.2, -0.15) is 0 Å². The summed E-state index contributed by atoms with van der Waals surface area (Å²) in [4.78, 5) is 20.6. The maximum absolute atomic E-state index is 11.8. The number of rotatable bonds is 4. The lowest BCUT2D eigenvalue weighted by molar-refractivity contribution is 0.0996. The topological polar surface area (TPSA) is 103 Å². The predicted octanol–water partition coefficient (Wildman–Crippen LogP) is 3.23. The average molecular weight is 334 g/mol. The molecule has 3 N–H and O–H groups in total.